The fourth-order valence-corrected chi connectivity index (χ4v) is 3.84. The van der Waals surface area contributed by atoms with Crippen molar-refractivity contribution in [2.45, 2.75) is 38.1 Å². The summed E-state index contributed by atoms with van der Waals surface area (Å²) in [5.74, 6) is 0.469. The number of hydrogen-bond donors (Lipinski definition) is 1. The second kappa shape index (κ2) is 6.20. The summed E-state index contributed by atoms with van der Waals surface area (Å²) in [6.07, 6.45) is 4.82. The van der Waals surface area contributed by atoms with Crippen LogP contribution in [0.15, 0.2) is 18.2 Å². The molecule has 5 heteroatoms. The van der Waals surface area contributed by atoms with Crippen LogP contribution in [0, 0.1) is 5.92 Å². The number of carbonyl (C=O) groups is 2. The molecule has 1 N–H and O–H groups in total. The molecule has 1 aromatic carbocycles. The normalized spacial score (nSPS) is 21.6. The van der Waals surface area contributed by atoms with Gasteiger partial charge in [-0.2, -0.15) is 0 Å². The number of hydrogen-bond acceptors (Lipinski definition) is 3. The maximum atomic E-state index is 12.7. The molecule has 0 spiro atoms. The van der Waals surface area contributed by atoms with Crippen molar-refractivity contribution in [3.63, 3.8) is 0 Å². The molecular weight excluding hydrogens is 302 g/mol. The first-order valence-electron chi connectivity index (χ1n) is 9.06. The SMILES string of the molecule is CN1CCC(NC(=O)c2cccc3c2CCN3C(=O)C2CC2)CC1. The number of fused-ring (bicyclic) bond motifs is 1. The number of anilines is 1. The maximum Gasteiger partial charge on any atom is 0.251 e. The minimum absolute atomic E-state index is 0.0159. The molecule has 1 saturated heterocycles. The van der Waals surface area contributed by atoms with Gasteiger partial charge in [-0.25, -0.2) is 0 Å². The van der Waals surface area contributed by atoms with E-state index in [-0.39, 0.29) is 23.8 Å². The summed E-state index contributed by atoms with van der Waals surface area (Å²) in [6.45, 7) is 2.77. The van der Waals surface area contributed by atoms with Crippen LogP contribution in [0.5, 0.6) is 0 Å². The lowest BCUT2D eigenvalue weighted by atomic mass is 10.0. The van der Waals surface area contributed by atoms with Crippen molar-refractivity contribution >= 4 is 17.5 Å². The van der Waals surface area contributed by atoms with Crippen molar-refractivity contribution in [1.29, 1.82) is 0 Å². The predicted octanol–water partition coefficient (Wildman–Crippen LogP) is 1.81. The van der Waals surface area contributed by atoms with E-state index in [0.29, 0.717) is 6.54 Å². The van der Waals surface area contributed by atoms with Gasteiger partial charge in [0.15, 0.2) is 0 Å². The zero-order chi connectivity index (χ0) is 16.7. The Bertz CT molecular complexity index is 661. The molecule has 3 aliphatic rings. The first-order valence-corrected chi connectivity index (χ1v) is 9.06. The molecule has 24 heavy (non-hydrogen) atoms. The number of piperidine rings is 1. The van der Waals surface area contributed by atoms with E-state index in [1.54, 1.807) is 0 Å². The van der Waals surface area contributed by atoms with Gasteiger partial charge in [0.1, 0.15) is 0 Å². The molecule has 4 rings (SSSR count). The van der Waals surface area contributed by atoms with Crippen LogP contribution >= 0.6 is 0 Å². The third-order valence-corrected chi connectivity index (χ3v) is 5.52. The summed E-state index contributed by atoms with van der Waals surface area (Å²) in [5, 5.41) is 3.20. The molecule has 128 valence electrons. The van der Waals surface area contributed by atoms with E-state index in [1.807, 2.05) is 23.1 Å². The van der Waals surface area contributed by atoms with Crippen LogP contribution in [0.4, 0.5) is 5.69 Å². The van der Waals surface area contributed by atoms with Crippen LogP contribution in [-0.4, -0.2) is 49.4 Å². The second-order valence-electron chi connectivity index (χ2n) is 7.37. The molecule has 5 nitrogen and oxygen atoms in total. The van der Waals surface area contributed by atoms with Crippen LogP contribution in [0.3, 0.4) is 0 Å². The highest BCUT2D eigenvalue weighted by Gasteiger charge is 2.37. The molecule has 2 amide bonds. The van der Waals surface area contributed by atoms with E-state index >= 15 is 0 Å². The number of carbonyl (C=O) groups excluding carboxylic acids is 2. The average Bonchev–Trinajstić information content (AvgIpc) is 3.35. The molecular formula is C19H25N3O2. The van der Waals surface area contributed by atoms with Crippen LogP contribution in [0.2, 0.25) is 0 Å². The van der Waals surface area contributed by atoms with Crippen molar-refractivity contribution in [2.24, 2.45) is 5.92 Å². The molecule has 1 aromatic rings. The molecule has 1 saturated carbocycles. The lowest BCUT2D eigenvalue weighted by Gasteiger charge is -2.29. The van der Waals surface area contributed by atoms with E-state index in [1.165, 1.54) is 0 Å². The van der Waals surface area contributed by atoms with E-state index in [4.69, 9.17) is 0 Å². The Hall–Kier alpha value is -1.88. The monoisotopic (exact) mass is 327 g/mol. The highest BCUT2D eigenvalue weighted by atomic mass is 16.2. The topological polar surface area (TPSA) is 52.7 Å². The van der Waals surface area contributed by atoms with Gasteiger partial charge in [-0.1, -0.05) is 6.07 Å². The van der Waals surface area contributed by atoms with Gasteiger partial charge in [0.05, 0.1) is 0 Å². The van der Waals surface area contributed by atoms with Crippen molar-refractivity contribution in [1.82, 2.24) is 10.2 Å². The number of benzene rings is 1. The Morgan fingerprint density at radius 2 is 1.83 bits per heavy atom. The zero-order valence-electron chi connectivity index (χ0n) is 14.3. The number of likely N-dealkylation sites (tertiary alicyclic amines) is 1. The smallest absolute Gasteiger partial charge is 0.251 e. The first kappa shape index (κ1) is 15.6. The quantitative estimate of drug-likeness (QED) is 0.921. The summed E-state index contributed by atoms with van der Waals surface area (Å²) < 4.78 is 0. The number of amides is 2. The minimum Gasteiger partial charge on any atom is -0.349 e. The highest BCUT2D eigenvalue weighted by molar-refractivity contribution is 6.02. The predicted molar refractivity (Wildman–Crippen MR) is 93.2 cm³/mol. The highest BCUT2D eigenvalue weighted by Crippen LogP contribution is 2.37. The molecule has 0 unspecified atom stereocenters. The average molecular weight is 327 g/mol. The maximum absolute atomic E-state index is 12.7. The molecule has 2 aliphatic heterocycles. The van der Waals surface area contributed by atoms with Crippen LogP contribution in [0.1, 0.15) is 41.6 Å². The summed E-state index contributed by atoms with van der Waals surface area (Å²) in [5.41, 5.74) is 2.73. The minimum atomic E-state index is 0.0159. The van der Waals surface area contributed by atoms with E-state index in [2.05, 4.69) is 17.3 Å². The van der Waals surface area contributed by atoms with Crippen LogP contribution < -0.4 is 10.2 Å². The number of nitrogens with zero attached hydrogens (tertiary/aromatic N) is 2. The lowest BCUT2D eigenvalue weighted by Crippen LogP contribution is -2.43. The number of rotatable bonds is 3. The summed E-state index contributed by atoms with van der Waals surface area (Å²) >= 11 is 0. The van der Waals surface area contributed by atoms with Gasteiger partial charge >= 0.3 is 0 Å². The molecule has 0 aromatic heterocycles. The molecule has 0 radical (unpaired) electrons. The van der Waals surface area contributed by atoms with Gasteiger partial charge in [-0.3, -0.25) is 9.59 Å². The third-order valence-electron chi connectivity index (χ3n) is 5.52. The summed E-state index contributed by atoms with van der Waals surface area (Å²) in [6, 6.07) is 6.04. The fraction of sp³-hybridized carbons (Fsp3) is 0.579. The Balaban J connectivity index is 1.50. The van der Waals surface area contributed by atoms with Crippen molar-refractivity contribution < 1.29 is 9.59 Å². The van der Waals surface area contributed by atoms with Crippen molar-refractivity contribution in [3.05, 3.63) is 29.3 Å². The fourth-order valence-electron chi connectivity index (χ4n) is 3.84. The van der Waals surface area contributed by atoms with Gasteiger partial charge < -0.3 is 15.1 Å². The van der Waals surface area contributed by atoms with Gasteiger partial charge in [0.25, 0.3) is 5.91 Å². The molecule has 2 fully saturated rings. The molecule has 0 bridgehead atoms. The first-order chi connectivity index (χ1) is 11.6. The van der Waals surface area contributed by atoms with Gasteiger partial charge in [0.2, 0.25) is 5.91 Å². The van der Waals surface area contributed by atoms with E-state index in [0.717, 1.165) is 62.0 Å². The summed E-state index contributed by atoms with van der Waals surface area (Å²) in [7, 11) is 2.12. The largest absolute Gasteiger partial charge is 0.349 e. The Morgan fingerprint density at radius 1 is 1.08 bits per heavy atom. The molecule has 0 atom stereocenters. The Labute approximate surface area is 143 Å². The van der Waals surface area contributed by atoms with E-state index in [9.17, 15) is 9.59 Å². The molecule has 1 aliphatic carbocycles. The second-order valence-corrected chi connectivity index (χ2v) is 7.37. The Kier molecular flexibility index (Phi) is 4.04. The summed E-state index contributed by atoms with van der Waals surface area (Å²) in [4.78, 5) is 29.4. The van der Waals surface area contributed by atoms with Crippen LogP contribution in [0.25, 0.3) is 0 Å². The van der Waals surface area contributed by atoms with Crippen molar-refractivity contribution in [3.8, 4) is 0 Å². The van der Waals surface area contributed by atoms with Gasteiger partial charge in [0, 0.05) is 29.8 Å². The number of nitrogens with one attached hydrogen (secondary N) is 1. The molecule has 2 heterocycles. The van der Waals surface area contributed by atoms with Crippen molar-refractivity contribution in [2.75, 3.05) is 31.6 Å². The zero-order valence-corrected chi connectivity index (χ0v) is 14.3. The third kappa shape index (κ3) is 2.93. The Morgan fingerprint density at radius 3 is 2.54 bits per heavy atom. The van der Waals surface area contributed by atoms with Crippen LogP contribution in [-0.2, 0) is 11.2 Å². The standard InChI is InChI=1S/C19H25N3O2/c1-21-10-7-14(8-11-21)20-18(23)16-3-2-4-17-15(16)9-12-22(17)19(24)13-5-6-13/h2-4,13-14H,5-12H2,1H3,(H,20,23). The van der Waals surface area contributed by atoms with Gasteiger partial charge in [-0.15, -0.1) is 0 Å². The van der Waals surface area contributed by atoms with E-state index < -0.39 is 0 Å². The van der Waals surface area contributed by atoms with Gasteiger partial charge in [-0.05, 0) is 69.9 Å². The lowest BCUT2D eigenvalue weighted by molar-refractivity contribution is -0.119.